The number of urea groups is 1. The van der Waals surface area contributed by atoms with Gasteiger partial charge in [0.05, 0.1) is 6.04 Å². The third kappa shape index (κ3) is 3.74. The van der Waals surface area contributed by atoms with Gasteiger partial charge in [-0.1, -0.05) is 26.0 Å². The Bertz CT molecular complexity index is 566. The number of anilines is 2. The predicted octanol–water partition coefficient (Wildman–Crippen LogP) is 4.05. The summed E-state index contributed by atoms with van der Waals surface area (Å²) in [6.07, 6.45) is 0. The summed E-state index contributed by atoms with van der Waals surface area (Å²) in [6, 6.07) is 11.4. The first-order chi connectivity index (χ1) is 9.56. The van der Waals surface area contributed by atoms with E-state index in [0.29, 0.717) is 11.6 Å². The molecule has 1 unspecified atom stereocenters. The van der Waals surface area contributed by atoms with Gasteiger partial charge in [0.25, 0.3) is 0 Å². The first-order valence-corrected chi connectivity index (χ1v) is 7.40. The Balaban J connectivity index is 2.17. The van der Waals surface area contributed by atoms with Gasteiger partial charge in [0.15, 0.2) is 0 Å². The smallest absolute Gasteiger partial charge is 0.316 e. The fourth-order valence-electron chi connectivity index (χ4n) is 2.04. The van der Waals surface area contributed by atoms with Crippen LogP contribution in [-0.4, -0.2) is 6.03 Å². The van der Waals surface area contributed by atoms with Gasteiger partial charge in [-0.2, -0.15) is 0 Å². The molecular formula is C15H19N3OS. The predicted molar refractivity (Wildman–Crippen MR) is 85.2 cm³/mol. The number of nitrogens with two attached hydrogens (primary N) is 1. The maximum Gasteiger partial charge on any atom is 0.316 e. The van der Waals surface area contributed by atoms with Gasteiger partial charge in [0.2, 0.25) is 0 Å². The van der Waals surface area contributed by atoms with E-state index in [1.165, 1.54) is 4.88 Å². The number of nitrogens with one attached hydrogen (secondary N) is 2. The summed E-state index contributed by atoms with van der Waals surface area (Å²) in [5, 5.41) is 8.18. The molecule has 2 rings (SSSR count). The minimum atomic E-state index is -0.555. The van der Waals surface area contributed by atoms with E-state index < -0.39 is 6.03 Å². The highest BCUT2D eigenvalue weighted by atomic mass is 32.1. The Labute approximate surface area is 123 Å². The van der Waals surface area contributed by atoms with Gasteiger partial charge < -0.3 is 16.4 Å². The first-order valence-electron chi connectivity index (χ1n) is 6.52. The Morgan fingerprint density at radius 1 is 1.20 bits per heavy atom. The lowest BCUT2D eigenvalue weighted by atomic mass is 10.0. The number of amides is 2. The van der Waals surface area contributed by atoms with Crippen LogP contribution in [-0.2, 0) is 0 Å². The maximum atomic E-state index is 10.9. The molecule has 5 heteroatoms. The molecule has 1 atom stereocenters. The average Bonchev–Trinajstić information content (AvgIpc) is 2.88. The number of benzene rings is 1. The van der Waals surface area contributed by atoms with Crippen molar-refractivity contribution in [1.29, 1.82) is 0 Å². The van der Waals surface area contributed by atoms with Crippen molar-refractivity contribution in [1.82, 2.24) is 0 Å². The van der Waals surface area contributed by atoms with Crippen LogP contribution >= 0.6 is 11.3 Å². The van der Waals surface area contributed by atoms with Gasteiger partial charge in [-0.3, -0.25) is 0 Å². The minimum Gasteiger partial charge on any atom is -0.377 e. The third-order valence-electron chi connectivity index (χ3n) is 2.97. The molecule has 0 aliphatic rings. The van der Waals surface area contributed by atoms with Crippen molar-refractivity contribution in [2.24, 2.45) is 11.7 Å². The lowest BCUT2D eigenvalue weighted by Gasteiger charge is -2.22. The van der Waals surface area contributed by atoms with Crippen molar-refractivity contribution in [3.8, 4) is 0 Å². The van der Waals surface area contributed by atoms with E-state index in [1.807, 2.05) is 24.3 Å². The molecular weight excluding hydrogens is 270 g/mol. The van der Waals surface area contributed by atoms with Crippen molar-refractivity contribution in [3.05, 3.63) is 46.7 Å². The fraction of sp³-hybridized carbons (Fsp3) is 0.267. The molecule has 2 amide bonds. The van der Waals surface area contributed by atoms with Crippen LogP contribution in [0.2, 0.25) is 0 Å². The molecule has 20 heavy (non-hydrogen) atoms. The molecule has 0 bridgehead atoms. The Morgan fingerprint density at radius 2 is 1.95 bits per heavy atom. The van der Waals surface area contributed by atoms with Crippen LogP contribution in [0.1, 0.15) is 24.8 Å². The average molecular weight is 289 g/mol. The van der Waals surface area contributed by atoms with Crippen LogP contribution in [0.3, 0.4) is 0 Å². The Kier molecular flexibility index (Phi) is 4.63. The maximum absolute atomic E-state index is 10.9. The van der Waals surface area contributed by atoms with Crippen LogP contribution in [0.4, 0.5) is 16.2 Å². The highest BCUT2D eigenvalue weighted by Gasteiger charge is 2.16. The first kappa shape index (κ1) is 14.4. The summed E-state index contributed by atoms with van der Waals surface area (Å²) in [5.74, 6) is 0.460. The zero-order valence-electron chi connectivity index (χ0n) is 11.6. The van der Waals surface area contributed by atoms with E-state index in [0.717, 1.165) is 5.69 Å². The molecule has 1 aromatic carbocycles. The summed E-state index contributed by atoms with van der Waals surface area (Å²) in [4.78, 5) is 12.2. The molecule has 4 nitrogen and oxygen atoms in total. The standard InChI is InChI=1S/C15H19N3OS/c1-10(2)14(13-7-4-8-20-13)17-11-5-3-6-12(9-11)18-15(16)19/h3-10,14,17H,1-2H3,(H3,16,18,19). The van der Waals surface area contributed by atoms with Crippen molar-refractivity contribution >= 4 is 28.7 Å². The van der Waals surface area contributed by atoms with Crippen LogP contribution in [0.5, 0.6) is 0 Å². The minimum absolute atomic E-state index is 0.249. The molecule has 4 N–H and O–H groups in total. The monoisotopic (exact) mass is 289 g/mol. The third-order valence-corrected chi connectivity index (χ3v) is 3.92. The molecule has 0 fully saturated rings. The Hall–Kier alpha value is -2.01. The van der Waals surface area contributed by atoms with Crippen molar-refractivity contribution in [2.75, 3.05) is 10.6 Å². The normalized spacial score (nSPS) is 12.2. The van der Waals surface area contributed by atoms with Crippen molar-refractivity contribution < 1.29 is 4.79 Å². The molecule has 2 aromatic rings. The van der Waals surface area contributed by atoms with Gasteiger partial charge in [0, 0.05) is 16.3 Å². The quantitative estimate of drug-likeness (QED) is 0.777. The van der Waals surface area contributed by atoms with E-state index in [9.17, 15) is 4.79 Å². The van der Waals surface area contributed by atoms with E-state index in [1.54, 1.807) is 11.3 Å². The number of thiophene rings is 1. The largest absolute Gasteiger partial charge is 0.377 e. The molecule has 0 spiro atoms. The summed E-state index contributed by atoms with van der Waals surface area (Å²) in [5.41, 5.74) is 6.78. The van der Waals surface area contributed by atoms with Crippen LogP contribution < -0.4 is 16.4 Å². The zero-order valence-corrected chi connectivity index (χ0v) is 12.4. The summed E-state index contributed by atoms with van der Waals surface area (Å²) < 4.78 is 0. The van der Waals surface area contributed by atoms with Gasteiger partial charge >= 0.3 is 6.03 Å². The van der Waals surface area contributed by atoms with Crippen LogP contribution in [0.15, 0.2) is 41.8 Å². The molecule has 1 heterocycles. The molecule has 0 aliphatic heterocycles. The number of carbonyl (C=O) groups is 1. The second-order valence-corrected chi connectivity index (χ2v) is 5.93. The molecule has 0 aliphatic carbocycles. The Morgan fingerprint density at radius 3 is 2.55 bits per heavy atom. The summed E-state index contributed by atoms with van der Waals surface area (Å²) in [6.45, 7) is 4.37. The van der Waals surface area contributed by atoms with Gasteiger partial charge in [0.1, 0.15) is 0 Å². The summed E-state index contributed by atoms with van der Waals surface area (Å²) in [7, 11) is 0. The molecule has 0 saturated carbocycles. The fourth-order valence-corrected chi connectivity index (χ4v) is 2.99. The topological polar surface area (TPSA) is 67.2 Å². The number of hydrogen-bond acceptors (Lipinski definition) is 3. The van der Waals surface area contributed by atoms with E-state index in [-0.39, 0.29) is 6.04 Å². The number of rotatable bonds is 5. The van der Waals surface area contributed by atoms with Crippen LogP contribution in [0, 0.1) is 5.92 Å². The van der Waals surface area contributed by atoms with E-state index in [2.05, 4.69) is 42.0 Å². The second-order valence-electron chi connectivity index (χ2n) is 4.95. The van der Waals surface area contributed by atoms with E-state index in [4.69, 9.17) is 5.73 Å². The van der Waals surface area contributed by atoms with Gasteiger partial charge in [-0.25, -0.2) is 4.79 Å². The zero-order chi connectivity index (χ0) is 14.5. The second kappa shape index (κ2) is 6.43. The van der Waals surface area contributed by atoms with Crippen molar-refractivity contribution in [2.45, 2.75) is 19.9 Å². The van der Waals surface area contributed by atoms with Crippen molar-refractivity contribution in [3.63, 3.8) is 0 Å². The molecule has 0 radical (unpaired) electrons. The SMILES string of the molecule is CC(C)C(Nc1cccc(NC(N)=O)c1)c1cccs1. The highest BCUT2D eigenvalue weighted by Crippen LogP contribution is 2.30. The van der Waals surface area contributed by atoms with E-state index >= 15 is 0 Å². The lowest BCUT2D eigenvalue weighted by molar-refractivity contribution is 0.259. The number of primary amides is 1. The number of carbonyl (C=O) groups excluding carboxylic acids is 1. The lowest BCUT2D eigenvalue weighted by Crippen LogP contribution is -2.19. The summed E-state index contributed by atoms with van der Waals surface area (Å²) >= 11 is 1.74. The van der Waals surface area contributed by atoms with Gasteiger partial charge in [-0.05, 0) is 35.6 Å². The van der Waals surface area contributed by atoms with Gasteiger partial charge in [-0.15, -0.1) is 11.3 Å². The van der Waals surface area contributed by atoms with Crippen LogP contribution in [0.25, 0.3) is 0 Å². The molecule has 106 valence electrons. The molecule has 1 aromatic heterocycles. The number of hydrogen-bond donors (Lipinski definition) is 3. The highest BCUT2D eigenvalue weighted by molar-refractivity contribution is 7.10. The molecule has 0 saturated heterocycles.